The summed E-state index contributed by atoms with van der Waals surface area (Å²) in [5.74, 6) is -0.894. The van der Waals surface area contributed by atoms with Gasteiger partial charge in [-0.1, -0.05) is 6.92 Å². The Labute approximate surface area is 60.2 Å². The van der Waals surface area contributed by atoms with Crippen molar-refractivity contribution in [1.29, 1.82) is 0 Å². The van der Waals surface area contributed by atoms with Crippen LogP contribution < -0.4 is 11.5 Å². The van der Waals surface area contributed by atoms with Crippen LogP contribution in [0.3, 0.4) is 0 Å². The summed E-state index contributed by atoms with van der Waals surface area (Å²) >= 11 is 0. The molecule has 0 aliphatic heterocycles. The number of hydrogen-bond acceptors (Lipinski definition) is 3. The molecule has 10 heavy (non-hydrogen) atoms. The molecule has 0 aromatic heterocycles. The van der Waals surface area contributed by atoms with Gasteiger partial charge in [0.05, 0.1) is 6.42 Å². The lowest BCUT2D eigenvalue weighted by atomic mass is 9.94. The molecule has 0 amide bonds. The van der Waals surface area contributed by atoms with Gasteiger partial charge in [-0.15, -0.1) is 0 Å². The van der Waals surface area contributed by atoms with Gasteiger partial charge in [0.1, 0.15) is 0 Å². The average Bonchev–Trinajstić information content (AvgIpc) is 1.87. The lowest BCUT2D eigenvalue weighted by Crippen LogP contribution is -2.48. The van der Waals surface area contributed by atoms with E-state index in [2.05, 4.69) is 0 Å². The normalized spacial score (nSPS) is 16.3. The SMILES string of the molecule is CCC(N)(CN)CC(=O)O. The van der Waals surface area contributed by atoms with E-state index in [1.54, 1.807) is 0 Å². The van der Waals surface area contributed by atoms with Crippen LogP contribution in [0.5, 0.6) is 0 Å². The van der Waals surface area contributed by atoms with Crippen LogP contribution >= 0.6 is 0 Å². The van der Waals surface area contributed by atoms with Crippen LogP contribution in [-0.4, -0.2) is 23.2 Å². The number of carboxylic acid groups (broad SMARTS) is 1. The molecule has 0 radical (unpaired) electrons. The highest BCUT2D eigenvalue weighted by atomic mass is 16.4. The van der Waals surface area contributed by atoms with Crippen molar-refractivity contribution in [3.05, 3.63) is 0 Å². The summed E-state index contributed by atoms with van der Waals surface area (Å²) in [5, 5.41) is 8.38. The lowest BCUT2D eigenvalue weighted by Gasteiger charge is -2.23. The summed E-state index contributed by atoms with van der Waals surface area (Å²) in [4.78, 5) is 10.2. The zero-order chi connectivity index (χ0) is 8.20. The molecule has 4 nitrogen and oxygen atoms in total. The third-order valence-electron chi connectivity index (χ3n) is 1.61. The zero-order valence-corrected chi connectivity index (χ0v) is 6.13. The molecule has 0 aliphatic rings. The van der Waals surface area contributed by atoms with Gasteiger partial charge in [-0.3, -0.25) is 4.79 Å². The van der Waals surface area contributed by atoms with E-state index in [1.165, 1.54) is 0 Å². The summed E-state index contributed by atoms with van der Waals surface area (Å²) in [6.07, 6.45) is 0.538. The van der Waals surface area contributed by atoms with Gasteiger partial charge in [-0.05, 0) is 6.42 Å². The van der Waals surface area contributed by atoms with Gasteiger partial charge in [-0.25, -0.2) is 0 Å². The standard InChI is InChI=1S/C6H14N2O2/c1-2-6(8,4-7)3-5(9)10/h2-4,7-8H2,1H3,(H,9,10). The first kappa shape index (κ1) is 9.39. The van der Waals surface area contributed by atoms with E-state index in [9.17, 15) is 4.79 Å². The Bertz CT molecular complexity index is 121. The van der Waals surface area contributed by atoms with Crippen molar-refractivity contribution >= 4 is 5.97 Å². The lowest BCUT2D eigenvalue weighted by molar-refractivity contribution is -0.138. The molecular formula is C6H14N2O2. The molecule has 60 valence electrons. The maximum atomic E-state index is 10.2. The summed E-state index contributed by atoms with van der Waals surface area (Å²) in [6.45, 7) is 2.05. The van der Waals surface area contributed by atoms with Crippen molar-refractivity contribution in [2.24, 2.45) is 11.5 Å². The molecule has 0 heterocycles. The predicted molar refractivity (Wildman–Crippen MR) is 38.5 cm³/mol. The smallest absolute Gasteiger partial charge is 0.305 e. The van der Waals surface area contributed by atoms with Crippen LogP contribution in [0.2, 0.25) is 0 Å². The second-order valence-corrected chi connectivity index (χ2v) is 2.49. The molecule has 1 unspecified atom stereocenters. The summed E-state index contributed by atoms with van der Waals surface area (Å²) in [6, 6.07) is 0. The number of carbonyl (C=O) groups is 1. The third kappa shape index (κ3) is 2.80. The molecule has 0 fully saturated rings. The summed E-state index contributed by atoms with van der Waals surface area (Å²) < 4.78 is 0. The Morgan fingerprint density at radius 3 is 2.30 bits per heavy atom. The molecule has 4 heteroatoms. The van der Waals surface area contributed by atoms with E-state index in [-0.39, 0.29) is 13.0 Å². The van der Waals surface area contributed by atoms with Crippen LogP contribution in [0.1, 0.15) is 19.8 Å². The highest BCUT2D eigenvalue weighted by Crippen LogP contribution is 2.08. The number of nitrogens with two attached hydrogens (primary N) is 2. The van der Waals surface area contributed by atoms with E-state index in [1.807, 2.05) is 6.92 Å². The minimum Gasteiger partial charge on any atom is -0.481 e. The van der Waals surface area contributed by atoms with Crippen LogP contribution in [0.4, 0.5) is 0 Å². The first-order chi connectivity index (χ1) is 4.54. The minimum atomic E-state index is -0.894. The molecular weight excluding hydrogens is 132 g/mol. The Kier molecular flexibility index (Phi) is 3.32. The molecule has 0 aromatic carbocycles. The van der Waals surface area contributed by atoms with E-state index in [4.69, 9.17) is 16.6 Å². The number of rotatable bonds is 4. The predicted octanol–water partition coefficient (Wildman–Crippen LogP) is -0.473. The van der Waals surface area contributed by atoms with Gasteiger partial charge in [-0.2, -0.15) is 0 Å². The highest BCUT2D eigenvalue weighted by molar-refractivity contribution is 5.68. The van der Waals surface area contributed by atoms with Gasteiger partial charge in [0.25, 0.3) is 0 Å². The highest BCUT2D eigenvalue weighted by Gasteiger charge is 2.23. The average molecular weight is 146 g/mol. The van der Waals surface area contributed by atoms with Crippen LogP contribution in [0.25, 0.3) is 0 Å². The molecule has 0 saturated carbocycles. The van der Waals surface area contributed by atoms with Crippen molar-refractivity contribution < 1.29 is 9.90 Å². The van der Waals surface area contributed by atoms with Crippen LogP contribution in [-0.2, 0) is 4.79 Å². The zero-order valence-electron chi connectivity index (χ0n) is 6.13. The molecule has 0 aromatic rings. The van der Waals surface area contributed by atoms with E-state index < -0.39 is 11.5 Å². The van der Waals surface area contributed by atoms with E-state index in [0.717, 1.165) is 0 Å². The van der Waals surface area contributed by atoms with Gasteiger partial charge in [0, 0.05) is 12.1 Å². The molecule has 1 atom stereocenters. The second kappa shape index (κ2) is 3.53. The third-order valence-corrected chi connectivity index (χ3v) is 1.61. The van der Waals surface area contributed by atoms with Crippen molar-refractivity contribution in [1.82, 2.24) is 0 Å². The van der Waals surface area contributed by atoms with E-state index >= 15 is 0 Å². The quantitative estimate of drug-likeness (QED) is 0.500. The topological polar surface area (TPSA) is 89.3 Å². The van der Waals surface area contributed by atoms with Crippen molar-refractivity contribution in [3.8, 4) is 0 Å². The number of aliphatic carboxylic acids is 1. The van der Waals surface area contributed by atoms with Gasteiger partial charge >= 0.3 is 5.97 Å². The van der Waals surface area contributed by atoms with Crippen molar-refractivity contribution in [2.45, 2.75) is 25.3 Å². The van der Waals surface area contributed by atoms with Gasteiger partial charge in [0.15, 0.2) is 0 Å². The van der Waals surface area contributed by atoms with Crippen LogP contribution in [0, 0.1) is 0 Å². The molecule has 0 bridgehead atoms. The molecule has 0 spiro atoms. The van der Waals surface area contributed by atoms with E-state index in [0.29, 0.717) is 6.42 Å². The first-order valence-electron chi connectivity index (χ1n) is 3.25. The second-order valence-electron chi connectivity index (χ2n) is 2.49. The molecule has 0 saturated heterocycles. The maximum absolute atomic E-state index is 10.2. The number of carboxylic acids is 1. The monoisotopic (exact) mass is 146 g/mol. The minimum absolute atomic E-state index is 0.0556. The van der Waals surface area contributed by atoms with Crippen molar-refractivity contribution in [2.75, 3.05) is 6.54 Å². The fourth-order valence-electron chi connectivity index (χ4n) is 0.643. The molecule has 5 N–H and O–H groups in total. The van der Waals surface area contributed by atoms with Gasteiger partial charge < -0.3 is 16.6 Å². The Hall–Kier alpha value is -0.610. The number of hydrogen-bond donors (Lipinski definition) is 3. The molecule has 0 rings (SSSR count). The summed E-state index contributed by atoms with van der Waals surface area (Å²) in [5.41, 5.74) is 10.2. The van der Waals surface area contributed by atoms with Crippen LogP contribution in [0.15, 0.2) is 0 Å². The first-order valence-corrected chi connectivity index (χ1v) is 3.25. The fourth-order valence-corrected chi connectivity index (χ4v) is 0.643. The largest absolute Gasteiger partial charge is 0.481 e. The fraction of sp³-hybridized carbons (Fsp3) is 0.833. The van der Waals surface area contributed by atoms with Gasteiger partial charge in [0.2, 0.25) is 0 Å². The summed E-state index contributed by atoms with van der Waals surface area (Å²) in [7, 11) is 0. The Morgan fingerprint density at radius 1 is 1.70 bits per heavy atom. The molecule has 0 aliphatic carbocycles. The maximum Gasteiger partial charge on any atom is 0.305 e. The Morgan fingerprint density at radius 2 is 2.20 bits per heavy atom. The van der Waals surface area contributed by atoms with Crippen molar-refractivity contribution in [3.63, 3.8) is 0 Å². The Balaban J connectivity index is 3.92.